The van der Waals surface area contributed by atoms with E-state index in [9.17, 15) is 4.79 Å². The maximum atomic E-state index is 12.0. The number of aryl methyl sites for hydroxylation is 2. The third-order valence-electron chi connectivity index (χ3n) is 2.78. The van der Waals surface area contributed by atoms with E-state index in [1.807, 2.05) is 26.0 Å². The van der Waals surface area contributed by atoms with Gasteiger partial charge in [-0.1, -0.05) is 15.9 Å². The van der Waals surface area contributed by atoms with E-state index >= 15 is 0 Å². The van der Waals surface area contributed by atoms with Crippen molar-refractivity contribution in [1.82, 2.24) is 0 Å². The summed E-state index contributed by atoms with van der Waals surface area (Å²) in [4.78, 5) is 12.0. The molecule has 0 bridgehead atoms. The highest BCUT2D eigenvalue weighted by Crippen LogP contribution is 2.25. The van der Waals surface area contributed by atoms with Gasteiger partial charge in [-0.25, -0.2) is 0 Å². The minimum absolute atomic E-state index is 0.263. The fourth-order valence-electron chi connectivity index (χ4n) is 1.82. The number of amides is 1. The summed E-state index contributed by atoms with van der Waals surface area (Å²) in [5.41, 5.74) is 8.32. The van der Waals surface area contributed by atoms with Crippen molar-refractivity contribution in [3.63, 3.8) is 0 Å². The molecule has 2 rings (SSSR count). The molecule has 3 N–H and O–H groups in total. The van der Waals surface area contributed by atoms with Gasteiger partial charge in [-0.3, -0.25) is 4.79 Å². The number of carbonyl (C=O) groups is 1. The zero-order valence-electron chi connectivity index (χ0n) is 10.8. The second kappa shape index (κ2) is 5.59. The number of anilines is 1. The quantitative estimate of drug-likeness (QED) is 0.910. The van der Waals surface area contributed by atoms with Crippen molar-refractivity contribution in [2.45, 2.75) is 20.4 Å². The number of hydrogen-bond acceptors (Lipinski definition) is 3. The molecule has 1 aromatic heterocycles. The number of furan rings is 1. The second-order valence-electron chi connectivity index (χ2n) is 4.35. The Morgan fingerprint density at radius 3 is 2.47 bits per heavy atom. The standard InChI is InChI=1S/C14H15BrN2O2/c1-8-5-10(6-9(2)13(8)15)17-14(18)12-4-3-11(7-16)19-12/h3-6H,7,16H2,1-2H3,(H,17,18). The molecule has 2 aromatic rings. The van der Waals surface area contributed by atoms with Crippen LogP contribution < -0.4 is 11.1 Å². The summed E-state index contributed by atoms with van der Waals surface area (Å²) >= 11 is 3.49. The van der Waals surface area contributed by atoms with E-state index < -0.39 is 0 Å². The molecule has 1 amide bonds. The monoisotopic (exact) mass is 322 g/mol. The molecule has 0 atom stereocenters. The Hall–Kier alpha value is -1.59. The molecular weight excluding hydrogens is 308 g/mol. The lowest BCUT2D eigenvalue weighted by atomic mass is 10.1. The molecular formula is C14H15BrN2O2. The summed E-state index contributed by atoms with van der Waals surface area (Å²) in [6.07, 6.45) is 0. The van der Waals surface area contributed by atoms with E-state index in [1.54, 1.807) is 12.1 Å². The smallest absolute Gasteiger partial charge is 0.291 e. The van der Waals surface area contributed by atoms with Crippen LogP contribution in [0.2, 0.25) is 0 Å². The topological polar surface area (TPSA) is 68.3 Å². The average Bonchev–Trinajstić information content (AvgIpc) is 2.84. The average molecular weight is 323 g/mol. The highest BCUT2D eigenvalue weighted by atomic mass is 79.9. The summed E-state index contributed by atoms with van der Waals surface area (Å²) in [6.45, 7) is 4.24. The lowest BCUT2D eigenvalue weighted by molar-refractivity contribution is 0.0995. The zero-order valence-corrected chi connectivity index (χ0v) is 12.4. The van der Waals surface area contributed by atoms with Crippen LogP contribution in [0.15, 0.2) is 33.2 Å². The maximum Gasteiger partial charge on any atom is 0.291 e. The van der Waals surface area contributed by atoms with Crippen molar-refractivity contribution < 1.29 is 9.21 Å². The van der Waals surface area contributed by atoms with Gasteiger partial charge in [0.25, 0.3) is 5.91 Å². The van der Waals surface area contributed by atoms with Gasteiger partial charge < -0.3 is 15.5 Å². The van der Waals surface area contributed by atoms with Crippen LogP contribution in [-0.2, 0) is 6.54 Å². The van der Waals surface area contributed by atoms with Gasteiger partial charge in [0.15, 0.2) is 5.76 Å². The first-order valence-electron chi connectivity index (χ1n) is 5.88. The van der Waals surface area contributed by atoms with E-state index in [4.69, 9.17) is 10.2 Å². The molecule has 0 aliphatic rings. The number of carbonyl (C=O) groups excluding carboxylic acids is 1. The summed E-state index contributed by atoms with van der Waals surface area (Å²) in [5.74, 6) is 0.577. The Morgan fingerprint density at radius 1 is 1.32 bits per heavy atom. The number of hydrogen-bond donors (Lipinski definition) is 2. The molecule has 0 fully saturated rings. The molecule has 5 heteroatoms. The van der Waals surface area contributed by atoms with Crippen LogP contribution in [0.25, 0.3) is 0 Å². The Labute approximate surface area is 120 Å². The summed E-state index contributed by atoms with van der Waals surface area (Å²) in [5, 5.41) is 2.81. The van der Waals surface area contributed by atoms with Crippen molar-refractivity contribution in [1.29, 1.82) is 0 Å². The molecule has 0 spiro atoms. The predicted molar refractivity (Wildman–Crippen MR) is 78.2 cm³/mol. The molecule has 0 aliphatic carbocycles. The summed E-state index contributed by atoms with van der Waals surface area (Å²) < 4.78 is 6.35. The third kappa shape index (κ3) is 3.05. The van der Waals surface area contributed by atoms with Crippen LogP contribution >= 0.6 is 15.9 Å². The molecule has 19 heavy (non-hydrogen) atoms. The first-order chi connectivity index (χ1) is 9.01. The van der Waals surface area contributed by atoms with Crippen molar-refractivity contribution in [3.8, 4) is 0 Å². The minimum Gasteiger partial charge on any atom is -0.455 e. The van der Waals surface area contributed by atoms with Crippen LogP contribution in [0, 0.1) is 13.8 Å². The predicted octanol–water partition coefficient (Wildman–Crippen LogP) is 3.37. The van der Waals surface area contributed by atoms with Gasteiger partial charge in [-0.2, -0.15) is 0 Å². The van der Waals surface area contributed by atoms with Gasteiger partial charge in [-0.05, 0) is 49.2 Å². The van der Waals surface area contributed by atoms with E-state index in [0.29, 0.717) is 5.76 Å². The van der Waals surface area contributed by atoms with E-state index in [1.165, 1.54) is 0 Å². The number of benzene rings is 1. The normalized spacial score (nSPS) is 10.5. The van der Waals surface area contributed by atoms with Crippen LogP contribution in [-0.4, -0.2) is 5.91 Å². The zero-order chi connectivity index (χ0) is 14.0. The van der Waals surface area contributed by atoms with Crippen LogP contribution in [0.4, 0.5) is 5.69 Å². The number of rotatable bonds is 3. The molecule has 0 unspecified atom stereocenters. The fourth-order valence-corrected chi connectivity index (χ4v) is 2.05. The van der Waals surface area contributed by atoms with E-state index in [0.717, 1.165) is 21.3 Å². The second-order valence-corrected chi connectivity index (χ2v) is 5.14. The minimum atomic E-state index is -0.277. The molecule has 0 radical (unpaired) electrons. The van der Waals surface area contributed by atoms with Gasteiger partial charge in [0.1, 0.15) is 5.76 Å². The highest BCUT2D eigenvalue weighted by Gasteiger charge is 2.12. The Kier molecular flexibility index (Phi) is 4.07. The molecule has 4 nitrogen and oxygen atoms in total. The third-order valence-corrected chi connectivity index (χ3v) is 4.03. The lowest BCUT2D eigenvalue weighted by Crippen LogP contribution is -2.11. The van der Waals surface area contributed by atoms with Crippen molar-refractivity contribution >= 4 is 27.5 Å². The van der Waals surface area contributed by atoms with Crippen LogP contribution in [0.5, 0.6) is 0 Å². The number of nitrogens with one attached hydrogen (secondary N) is 1. The van der Waals surface area contributed by atoms with Gasteiger partial charge >= 0.3 is 0 Å². The first-order valence-corrected chi connectivity index (χ1v) is 6.67. The molecule has 1 aromatic carbocycles. The fraction of sp³-hybridized carbons (Fsp3) is 0.214. The van der Waals surface area contributed by atoms with E-state index in [-0.39, 0.29) is 18.2 Å². The molecule has 1 heterocycles. The van der Waals surface area contributed by atoms with Crippen molar-refractivity contribution in [2.24, 2.45) is 5.73 Å². The molecule has 100 valence electrons. The van der Waals surface area contributed by atoms with Crippen LogP contribution in [0.1, 0.15) is 27.4 Å². The lowest BCUT2D eigenvalue weighted by Gasteiger charge is -2.08. The molecule has 0 aliphatic heterocycles. The van der Waals surface area contributed by atoms with Gasteiger partial charge in [0.05, 0.1) is 6.54 Å². The Bertz CT molecular complexity index is 597. The number of nitrogens with two attached hydrogens (primary N) is 1. The van der Waals surface area contributed by atoms with Gasteiger partial charge in [-0.15, -0.1) is 0 Å². The summed E-state index contributed by atoms with van der Waals surface area (Å²) in [7, 11) is 0. The number of halogens is 1. The SMILES string of the molecule is Cc1cc(NC(=O)c2ccc(CN)o2)cc(C)c1Br. The Balaban J connectivity index is 2.19. The van der Waals surface area contributed by atoms with Crippen LogP contribution in [0.3, 0.4) is 0 Å². The van der Waals surface area contributed by atoms with Crippen molar-refractivity contribution in [3.05, 3.63) is 51.4 Å². The maximum absolute atomic E-state index is 12.0. The van der Waals surface area contributed by atoms with Gasteiger partial charge in [0, 0.05) is 10.2 Å². The summed E-state index contributed by atoms with van der Waals surface area (Å²) in [6, 6.07) is 7.13. The molecule has 0 saturated heterocycles. The van der Waals surface area contributed by atoms with E-state index in [2.05, 4.69) is 21.2 Å². The van der Waals surface area contributed by atoms with Gasteiger partial charge in [0.2, 0.25) is 0 Å². The molecule has 0 saturated carbocycles. The first kappa shape index (κ1) is 13.8. The highest BCUT2D eigenvalue weighted by molar-refractivity contribution is 9.10. The Morgan fingerprint density at radius 2 is 1.95 bits per heavy atom. The van der Waals surface area contributed by atoms with Crippen molar-refractivity contribution in [2.75, 3.05) is 5.32 Å². The largest absolute Gasteiger partial charge is 0.455 e.